The van der Waals surface area contributed by atoms with E-state index in [2.05, 4.69) is 15.1 Å². The van der Waals surface area contributed by atoms with E-state index in [1.165, 1.54) is 0 Å². The molecule has 0 N–H and O–H groups in total. The predicted molar refractivity (Wildman–Crippen MR) is 98.5 cm³/mol. The fourth-order valence-electron chi connectivity index (χ4n) is 2.55. The molecule has 0 unspecified atom stereocenters. The van der Waals surface area contributed by atoms with Crippen LogP contribution < -0.4 is 9.80 Å². The van der Waals surface area contributed by atoms with E-state index < -0.39 is 0 Å². The molecule has 2 aromatic heterocycles. The summed E-state index contributed by atoms with van der Waals surface area (Å²) in [7, 11) is 3.97. The first-order valence-corrected chi connectivity index (χ1v) is 8.77. The minimum atomic E-state index is 0.0659. The van der Waals surface area contributed by atoms with Crippen molar-refractivity contribution in [3.63, 3.8) is 0 Å². The van der Waals surface area contributed by atoms with E-state index in [4.69, 9.17) is 0 Å². The van der Waals surface area contributed by atoms with Crippen molar-refractivity contribution in [1.29, 1.82) is 0 Å². The summed E-state index contributed by atoms with van der Waals surface area (Å²) in [6.45, 7) is 2.93. The van der Waals surface area contributed by atoms with Gasteiger partial charge < -0.3 is 14.7 Å². The van der Waals surface area contributed by atoms with Crippen molar-refractivity contribution in [2.24, 2.45) is 0 Å². The molecule has 6 nitrogen and oxygen atoms in total. The standard InChI is InChI=1S/C17H21N5OS/c1-20(2)14-12-16(19-18-13-14)21-7-9-22(10-8-21)17(23)6-5-15-4-3-11-24-15/h3-6,11-13H,7-10H2,1-2H3/b6-5+. The molecule has 1 amide bonds. The van der Waals surface area contributed by atoms with Crippen LogP contribution in [0.25, 0.3) is 6.08 Å². The van der Waals surface area contributed by atoms with Crippen molar-refractivity contribution in [1.82, 2.24) is 15.1 Å². The van der Waals surface area contributed by atoms with E-state index in [1.807, 2.05) is 53.6 Å². The van der Waals surface area contributed by atoms with Gasteiger partial charge in [-0.3, -0.25) is 4.79 Å². The van der Waals surface area contributed by atoms with Crippen molar-refractivity contribution < 1.29 is 4.79 Å². The van der Waals surface area contributed by atoms with E-state index in [0.717, 1.165) is 29.5 Å². The van der Waals surface area contributed by atoms with Gasteiger partial charge in [-0.1, -0.05) is 6.07 Å². The highest BCUT2D eigenvalue weighted by Crippen LogP contribution is 2.18. The largest absolute Gasteiger partial charge is 0.376 e. The summed E-state index contributed by atoms with van der Waals surface area (Å²) in [5.74, 6) is 0.929. The second kappa shape index (κ2) is 7.44. The molecule has 0 radical (unpaired) electrons. The van der Waals surface area contributed by atoms with Gasteiger partial charge in [-0.25, -0.2) is 0 Å². The second-order valence-corrected chi connectivity index (χ2v) is 6.81. The number of piperazine rings is 1. The quantitative estimate of drug-likeness (QED) is 0.795. The topological polar surface area (TPSA) is 52.6 Å². The number of hydrogen-bond donors (Lipinski definition) is 0. The number of anilines is 2. The molecule has 3 rings (SSSR count). The van der Waals surface area contributed by atoms with Crippen LogP contribution in [0.1, 0.15) is 4.88 Å². The zero-order valence-corrected chi connectivity index (χ0v) is 14.7. The lowest BCUT2D eigenvalue weighted by Gasteiger charge is -2.34. The zero-order valence-electron chi connectivity index (χ0n) is 13.9. The van der Waals surface area contributed by atoms with Crippen molar-refractivity contribution in [2.75, 3.05) is 50.1 Å². The van der Waals surface area contributed by atoms with Crippen molar-refractivity contribution in [2.45, 2.75) is 0 Å². The predicted octanol–water partition coefficient (Wildman–Crippen LogP) is 1.97. The molecule has 126 valence electrons. The van der Waals surface area contributed by atoms with Gasteiger partial charge in [0.15, 0.2) is 5.82 Å². The van der Waals surface area contributed by atoms with Crippen LogP contribution >= 0.6 is 11.3 Å². The van der Waals surface area contributed by atoms with Gasteiger partial charge in [0, 0.05) is 57.3 Å². The lowest BCUT2D eigenvalue weighted by molar-refractivity contribution is -0.126. The van der Waals surface area contributed by atoms with Crippen LogP contribution in [0.4, 0.5) is 11.5 Å². The van der Waals surface area contributed by atoms with Crippen LogP contribution in [0.2, 0.25) is 0 Å². The first kappa shape index (κ1) is 16.4. The highest BCUT2D eigenvalue weighted by Gasteiger charge is 2.21. The van der Waals surface area contributed by atoms with Crippen molar-refractivity contribution >= 4 is 34.8 Å². The molecule has 1 aliphatic rings. The molecule has 0 atom stereocenters. The van der Waals surface area contributed by atoms with Crippen molar-refractivity contribution in [3.05, 3.63) is 40.7 Å². The van der Waals surface area contributed by atoms with Crippen LogP contribution in [-0.2, 0) is 4.79 Å². The molecule has 3 heterocycles. The number of aromatic nitrogens is 2. The van der Waals surface area contributed by atoms with E-state index in [1.54, 1.807) is 23.6 Å². The van der Waals surface area contributed by atoms with Gasteiger partial charge >= 0.3 is 0 Å². The Morgan fingerprint density at radius 3 is 2.75 bits per heavy atom. The fraction of sp³-hybridized carbons (Fsp3) is 0.353. The van der Waals surface area contributed by atoms with Gasteiger partial charge in [-0.2, -0.15) is 5.10 Å². The van der Waals surface area contributed by atoms with Gasteiger partial charge in [0.05, 0.1) is 11.9 Å². The molecule has 1 fully saturated rings. The lowest BCUT2D eigenvalue weighted by Crippen LogP contribution is -2.48. The maximum Gasteiger partial charge on any atom is 0.246 e. The Morgan fingerprint density at radius 1 is 1.29 bits per heavy atom. The third-order valence-corrected chi connectivity index (χ3v) is 4.83. The van der Waals surface area contributed by atoms with E-state index >= 15 is 0 Å². The highest BCUT2D eigenvalue weighted by molar-refractivity contribution is 7.10. The molecular weight excluding hydrogens is 322 g/mol. The smallest absolute Gasteiger partial charge is 0.246 e. The maximum absolute atomic E-state index is 12.3. The van der Waals surface area contributed by atoms with Crippen LogP contribution in [-0.4, -0.2) is 61.3 Å². The normalized spacial score (nSPS) is 15.1. The number of rotatable bonds is 4. The van der Waals surface area contributed by atoms with Gasteiger partial charge in [0.1, 0.15) is 0 Å². The van der Waals surface area contributed by atoms with Crippen LogP contribution in [0.5, 0.6) is 0 Å². The maximum atomic E-state index is 12.3. The molecule has 24 heavy (non-hydrogen) atoms. The van der Waals surface area contributed by atoms with Crippen LogP contribution in [0.3, 0.4) is 0 Å². The Kier molecular flexibility index (Phi) is 5.10. The molecule has 0 bridgehead atoms. The van der Waals surface area contributed by atoms with Gasteiger partial charge in [-0.05, 0) is 17.5 Å². The first-order valence-electron chi connectivity index (χ1n) is 7.89. The lowest BCUT2D eigenvalue weighted by atomic mass is 10.3. The first-order chi connectivity index (χ1) is 11.6. The molecule has 0 aliphatic carbocycles. The summed E-state index contributed by atoms with van der Waals surface area (Å²) in [5, 5.41) is 10.3. The molecule has 0 aromatic carbocycles. The van der Waals surface area contributed by atoms with Gasteiger partial charge in [-0.15, -0.1) is 16.4 Å². The van der Waals surface area contributed by atoms with Gasteiger partial charge in [0.2, 0.25) is 5.91 Å². The fourth-order valence-corrected chi connectivity index (χ4v) is 3.16. The number of carbonyl (C=O) groups excluding carboxylic acids is 1. The number of nitrogens with zero attached hydrogens (tertiary/aromatic N) is 5. The summed E-state index contributed by atoms with van der Waals surface area (Å²) in [5.41, 5.74) is 1.03. The highest BCUT2D eigenvalue weighted by atomic mass is 32.1. The summed E-state index contributed by atoms with van der Waals surface area (Å²) >= 11 is 1.63. The average Bonchev–Trinajstić information content (AvgIpc) is 3.13. The Morgan fingerprint density at radius 2 is 2.08 bits per heavy atom. The SMILES string of the molecule is CN(C)c1cnnc(N2CCN(C(=O)/C=C/c3cccs3)CC2)c1. The van der Waals surface area contributed by atoms with Crippen molar-refractivity contribution in [3.8, 4) is 0 Å². The molecule has 7 heteroatoms. The minimum absolute atomic E-state index is 0.0659. The van der Waals surface area contributed by atoms with E-state index in [9.17, 15) is 4.79 Å². The Balaban J connectivity index is 1.57. The monoisotopic (exact) mass is 343 g/mol. The van der Waals surface area contributed by atoms with E-state index in [0.29, 0.717) is 13.1 Å². The molecule has 1 saturated heterocycles. The molecule has 1 aliphatic heterocycles. The zero-order chi connectivity index (χ0) is 16.9. The number of thiophene rings is 1. The number of carbonyl (C=O) groups is 1. The molecular formula is C17H21N5OS. The summed E-state index contributed by atoms with van der Waals surface area (Å²) in [6, 6.07) is 6.01. The summed E-state index contributed by atoms with van der Waals surface area (Å²) in [4.78, 5) is 19.4. The molecule has 2 aromatic rings. The summed E-state index contributed by atoms with van der Waals surface area (Å²) < 4.78 is 0. The Bertz CT molecular complexity index is 706. The average molecular weight is 343 g/mol. The molecule has 0 spiro atoms. The summed E-state index contributed by atoms with van der Waals surface area (Å²) in [6.07, 6.45) is 5.29. The van der Waals surface area contributed by atoms with Crippen LogP contribution in [0, 0.1) is 0 Å². The number of hydrogen-bond acceptors (Lipinski definition) is 6. The minimum Gasteiger partial charge on any atom is -0.376 e. The van der Waals surface area contributed by atoms with E-state index in [-0.39, 0.29) is 5.91 Å². The third kappa shape index (κ3) is 3.91. The molecule has 0 saturated carbocycles. The number of amides is 1. The Labute approximate surface area is 146 Å². The Hall–Kier alpha value is -2.41. The third-order valence-electron chi connectivity index (χ3n) is 3.99. The second-order valence-electron chi connectivity index (χ2n) is 5.83. The van der Waals surface area contributed by atoms with Gasteiger partial charge in [0.25, 0.3) is 0 Å². The van der Waals surface area contributed by atoms with Crippen LogP contribution in [0.15, 0.2) is 35.9 Å².